The van der Waals surface area contributed by atoms with Crippen LogP contribution in [0.25, 0.3) is 0 Å². The molecule has 0 fully saturated rings. The van der Waals surface area contributed by atoms with Gasteiger partial charge < -0.3 is 15.4 Å². The number of ether oxygens (including phenoxy) is 1. The number of hydrogen-bond donors (Lipinski definition) is 2. The van der Waals surface area contributed by atoms with Crippen LogP contribution < -0.4 is 10.6 Å². The molecule has 0 bridgehead atoms. The quantitative estimate of drug-likeness (QED) is 0.740. The summed E-state index contributed by atoms with van der Waals surface area (Å²) in [6.45, 7) is 1.00. The molecule has 8 heteroatoms. The summed E-state index contributed by atoms with van der Waals surface area (Å²) < 4.78 is 4.86. The van der Waals surface area contributed by atoms with Gasteiger partial charge in [-0.25, -0.2) is 15.0 Å². The fraction of sp³-hybridized carbons (Fsp3) is 0.333. The fourth-order valence-electron chi connectivity index (χ4n) is 1.42. The number of hydrogen-bond acceptors (Lipinski definition) is 7. The van der Waals surface area contributed by atoms with Gasteiger partial charge in [0.25, 0.3) is 0 Å². The third-order valence-corrected chi connectivity index (χ3v) is 3.11. The number of methoxy groups -OCH3 is 1. The minimum Gasteiger partial charge on any atom is -0.383 e. The Hall–Kier alpha value is -2.06. The third-order valence-electron chi connectivity index (χ3n) is 2.31. The Labute approximate surface area is 120 Å². The molecule has 0 saturated carbocycles. The van der Waals surface area contributed by atoms with Gasteiger partial charge in [0.1, 0.15) is 0 Å². The zero-order valence-electron chi connectivity index (χ0n) is 11.0. The Morgan fingerprint density at radius 3 is 2.95 bits per heavy atom. The lowest BCUT2D eigenvalue weighted by molar-refractivity contribution is -0.120. The summed E-state index contributed by atoms with van der Waals surface area (Å²) in [4.78, 5) is 24.0. The Balaban J connectivity index is 1.84. The fourth-order valence-corrected chi connectivity index (χ4v) is 2.13. The molecule has 2 rings (SSSR count). The van der Waals surface area contributed by atoms with Crippen LogP contribution in [-0.2, 0) is 16.0 Å². The maximum absolute atomic E-state index is 11.6. The van der Waals surface area contributed by atoms with Crippen molar-refractivity contribution in [2.75, 3.05) is 25.6 Å². The van der Waals surface area contributed by atoms with Crippen molar-refractivity contribution in [3.63, 3.8) is 0 Å². The number of nitrogens with zero attached hydrogens (tertiary/aromatic N) is 3. The van der Waals surface area contributed by atoms with Crippen molar-refractivity contribution in [3.05, 3.63) is 29.5 Å². The SMILES string of the molecule is COCCNC(=O)Cc1csc(Nc2ncccn2)n1. The Morgan fingerprint density at radius 1 is 1.40 bits per heavy atom. The summed E-state index contributed by atoms with van der Waals surface area (Å²) in [6, 6.07) is 1.74. The van der Waals surface area contributed by atoms with Crippen LogP contribution in [0.2, 0.25) is 0 Å². The van der Waals surface area contributed by atoms with Crippen molar-refractivity contribution >= 4 is 28.3 Å². The van der Waals surface area contributed by atoms with Gasteiger partial charge in [0.15, 0.2) is 5.13 Å². The highest BCUT2D eigenvalue weighted by Gasteiger charge is 2.08. The maximum Gasteiger partial charge on any atom is 0.228 e. The van der Waals surface area contributed by atoms with Gasteiger partial charge in [-0.05, 0) is 6.07 Å². The van der Waals surface area contributed by atoms with Gasteiger partial charge in [0.2, 0.25) is 11.9 Å². The van der Waals surface area contributed by atoms with E-state index in [4.69, 9.17) is 4.74 Å². The second-order valence-corrected chi connectivity index (χ2v) is 4.72. The average Bonchev–Trinajstić information content (AvgIpc) is 2.87. The number of carbonyl (C=O) groups excluding carboxylic acids is 1. The van der Waals surface area contributed by atoms with Crippen molar-refractivity contribution < 1.29 is 9.53 Å². The van der Waals surface area contributed by atoms with Gasteiger partial charge in [-0.1, -0.05) is 0 Å². The van der Waals surface area contributed by atoms with Gasteiger partial charge in [0, 0.05) is 31.4 Å². The minimum absolute atomic E-state index is 0.0742. The van der Waals surface area contributed by atoms with Gasteiger partial charge in [-0.15, -0.1) is 11.3 Å². The molecule has 1 amide bonds. The van der Waals surface area contributed by atoms with Gasteiger partial charge >= 0.3 is 0 Å². The number of rotatable bonds is 7. The maximum atomic E-state index is 11.6. The van der Waals surface area contributed by atoms with Gasteiger partial charge in [-0.3, -0.25) is 4.79 Å². The molecule has 0 aromatic carbocycles. The molecule has 0 aliphatic rings. The van der Waals surface area contributed by atoms with E-state index < -0.39 is 0 Å². The number of carbonyl (C=O) groups is 1. The molecule has 2 aromatic rings. The molecule has 0 unspecified atom stereocenters. The summed E-state index contributed by atoms with van der Waals surface area (Å²) in [5.74, 6) is 0.410. The number of anilines is 2. The van der Waals surface area contributed by atoms with Crippen molar-refractivity contribution in [2.45, 2.75) is 6.42 Å². The van der Waals surface area contributed by atoms with E-state index in [0.29, 0.717) is 29.9 Å². The van der Waals surface area contributed by atoms with E-state index in [1.807, 2.05) is 5.38 Å². The van der Waals surface area contributed by atoms with Crippen LogP contribution in [0.4, 0.5) is 11.1 Å². The molecule has 0 aliphatic carbocycles. The standard InChI is InChI=1S/C12H15N5O2S/c1-19-6-5-13-10(18)7-9-8-20-12(16-9)17-11-14-3-2-4-15-11/h2-4,8H,5-7H2,1H3,(H,13,18)(H,14,15,16,17). The molecular formula is C12H15N5O2S. The molecule has 2 heterocycles. The smallest absolute Gasteiger partial charge is 0.228 e. The lowest BCUT2D eigenvalue weighted by Gasteiger charge is -2.02. The first-order valence-electron chi connectivity index (χ1n) is 6.02. The minimum atomic E-state index is -0.0742. The van der Waals surface area contributed by atoms with Crippen molar-refractivity contribution in [2.24, 2.45) is 0 Å². The lowest BCUT2D eigenvalue weighted by atomic mass is 10.3. The van der Waals surface area contributed by atoms with Crippen LogP contribution in [-0.4, -0.2) is 41.1 Å². The van der Waals surface area contributed by atoms with E-state index >= 15 is 0 Å². The van der Waals surface area contributed by atoms with E-state index in [1.165, 1.54) is 11.3 Å². The highest BCUT2D eigenvalue weighted by molar-refractivity contribution is 7.13. The van der Waals surface area contributed by atoms with Crippen LogP contribution in [0.15, 0.2) is 23.8 Å². The molecule has 0 saturated heterocycles. The molecular weight excluding hydrogens is 278 g/mol. The third kappa shape index (κ3) is 4.56. The summed E-state index contributed by atoms with van der Waals surface area (Å²) in [5, 5.41) is 8.23. The van der Waals surface area contributed by atoms with E-state index in [9.17, 15) is 4.79 Å². The monoisotopic (exact) mass is 293 g/mol. The number of thiazole rings is 1. The zero-order chi connectivity index (χ0) is 14.2. The molecule has 0 aliphatic heterocycles. The Bertz CT molecular complexity index is 546. The Morgan fingerprint density at radius 2 is 2.20 bits per heavy atom. The van der Waals surface area contributed by atoms with Crippen molar-refractivity contribution in [1.29, 1.82) is 0 Å². The van der Waals surface area contributed by atoms with E-state index in [1.54, 1.807) is 25.6 Å². The molecule has 0 radical (unpaired) electrons. The predicted molar refractivity (Wildman–Crippen MR) is 76.0 cm³/mol. The second kappa shape index (κ2) is 7.51. The Kier molecular flexibility index (Phi) is 5.39. The normalized spacial score (nSPS) is 10.2. The molecule has 106 valence electrons. The number of aromatic nitrogens is 3. The van der Waals surface area contributed by atoms with Crippen LogP contribution in [0.1, 0.15) is 5.69 Å². The largest absolute Gasteiger partial charge is 0.383 e. The van der Waals surface area contributed by atoms with Crippen LogP contribution in [0, 0.1) is 0 Å². The molecule has 20 heavy (non-hydrogen) atoms. The average molecular weight is 293 g/mol. The van der Waals surface area contributed by atoms with E-state index in [-0.39, 0.29) is 12.3 Å². The topological polar surface area (TPSA) is 89.0 Å². The molecule has 7 nitrogen and oxygen atoms in total. The number of amides is 1. The molecule has 2 aromatic heterocycles. The second-order valence-electron chi connectivity index (χ2n) is 3.86. The van der Waals surface area contributed by atoms with Gasteiger partial charge in [-0.2, -0.15) is 0 Å². The number of nitrogens with one attached hydrogen (secondary N) is 2. The predicted octanol–water partition coefficient (Wildman–Crippen LogP) is 0.982. The summed E-state index contributed by atoms with van der Waals surface area (Å²) >= 11 is 1.41. The lowest BCUT2D eigenvalue weighted by Crippen LogP contribution is -2.28. The van der Waals surface area contributed by atoms with Crippen LogP contribution >= 0.6 is 11.3 Å². The van der Waals surface area contributed by atoms with Crippen LogP contribution in [0.3, 0.4) is 0 Å². The molecule has 2 N–H and O–H groups in total. The summed E-state index contributed by atoms with van der Waals surface area (Å²) in [7, 11) is 1.59. The van der Waals surface area contributed by atoms with Crippen molar-refractivity contribution in [3.8, 4) is 0 Å². The highest BCUT2D eigenvalue weighted by atomic mass is 32.1. The zero-order valence-corrected chi connectivity index (χ0v) is 11.8. The first kappa shape index (κ1) is 14.4. The van der Waals surface area contributed by atoms with E-state index in [2.05, 4.69) is 25.6 Å². The first-order chi connectivity index (χ1) is 9.78. The molecule has 0 atom stereocenters. The summed E-state index contributed by atoms with van der Waals surface area (Å²) in [5.41, 5.74) is 0.711. The first-order valence-corrected chi connectivity index (χ1v) is 6.90. The summed E-state index contributed by atoms with van der Waals surface area (Å²) in [6.07, 6.45) is 3.54. The van der Waals surface area contributed by atoms with Gasteiger partial charge in [0.05, 0.1) is 18.7 Å². The van der Waals surface area contributed by atoms with Crippen LogP contribution in [0.5, 0.6) is 0 Å². The van der Waals surface area contributed by atoms with E-state index in [0.717, 1.165) is 0 Å². The highest BCUT2D eigenvalue weighted by Crippen LogP contribution is 2.18. The van der Waals surface area contributed by atoms with Crippen molar-refractivity contribution in [1.82, 2.24) is 20.3 Å². The molecule has 0 spiro atoms.